The van der Waals surface area contributed by atoms with Gasteiger partial charge in [0, 0.05) is 93.6 Å². The van der Waals surface area contributed by atoms with Crippen molar-refractivity contribution in [1.82, 2.24) is 4.90 Å². The molecule has 4 aliphatic rings. The van der Waals surface area contributed by atoms with Crippen LogP contribution in [0.3, 0.4) is 0 Å². The standard InChI is InChI=1S/C49H60N4O11/c1-25-14-13-15-26(2)47(60)50-39-38-37(51-49(52-38)19-21-53(22-20-49)24-32-16-11-10-12-17-32)34-35(43(39)58)42(57)30(6)45-36(34)46(59)48(8,64-45)62-23-18-33(61-9)27(3)44(63-31(7)54)29(5)41(56)28(4)40(25)55/h10-18,23,25,27-29,33,40-41,44,55-58H,19-22,24H2,1-9H3,(H,50,60)/b14-13+,23-18-,26-15-. The van der Waals surface area contributed by atoms with Crippen LogP contribution < -0.4 is 20.8 Å². The number of piperidine rings is 1. The van der Waals surface area contributed by atoms with Gasteiger partial charge in [0.15, 0.2) is 11.4 Å². The number of ketones is 1. The van der Waals surface area contributed by atoms with Crippen molar-refractivity contribution < 1.29 is 53.8 Å². The fourth-order valence-electron chi connectivity index (χ4n) is 9.50. The van der Waals surface area contributed by atoms with Gasteiger partial charge >= 0.3 is 11.8 Å². The lowest BCUT2D eigenvalue weighted by molar-refractivity contribution is -0.160. The van der Waals surface area contributed by atoms with Crippen molar-refractivity contribution >= 4 is 34.1 Å². The van der Waals surface area contributed by atoms with E-state index in [9.17, 15) is 34.8 Å². The molecule has 15 heteroatoms. The number of allylic oxidation sites excluding steroid dienone is 2. The number of likely N-dealkylation sites (tertiary alicyclic amines) is 1. The average molecular weight is 881 g/mol. The molecule has 3 aromatic carbocycles. The number of esters is 1. The molecule has 1 saturated heterocycles. The van der Waals surface area contributed by atoms with Gasteiger partial charge in [0.05, 0.1) is 40.9 Å². The van der Waals surface area contributed by atoms with Gasteiger partial charge in [-0.05, 0) is 25.5 Å². The first-order valence-corrected chi connectivity index (χ1v) is 21.9. The predicted molar refractivity (Wildman–Crippen MR) is 238 cm³/mol. The molecule has 1 fully saturated rings. The number of amides is 1. The fraction of sp³-hybridized carbons (Fsp3) is 0.490. The molecular weight excluding hydrogens is 821 g/mol. The SMILES string of the molecule is COC1/C=C\OC2(C)Oc3c(C)c(O)c4c(O)c(c5c(c4c3C2=O)=NC2(CCN(Cc3ccccc3)CC2)N=5)NC(=O)/C(C)=C\C=C\C(C)C(O)C(C)C(O)C(C)C(OC(C)=O)C1C. The van der Waals surface area contributed by atoms with E-state index in [2.05, 4.69) is 22.3 Å². The molecule has 0 radical (unpaired) electrons. The van der Waals surface area contributed by atoms with E-state index in [4.69, 9.17) is 28.9 Å². The number of aromatic hydroxyl groups is 2. The lowest BCUT2D eigenvalue weighted by Gasteiger charge is -2.38. The summed E-state index contributed by atoms with van der Waals surface area (Å²) < 4.78 is 24.0. The Kier molecular flexibility index (Phi) is 13.1. The van der Waals surface area contributed by atoms with E-state index in [1.165, 1.54) is 32.8 Å². The molecule has 4 aliphatic heterocycles. The lowest BCUT2D eigenvalue weighted by atomic mass is 9.78. The second-order valence-corrected chi connectivity index (χ2v) is 18.0. The number of hydrogen-bond acceptors (Lipinski definition) is 14. The predicted octanol–water partition coefficient (Wildman–Crippen LogP) is 5.29. The van der Waals surface area contributed by atoms with Crippen LogP contribution in [0.15, 0.2) is 76.5 Å². The molecule has 5 N–H and O–H groups in total. The van der Waals surface area contributed by atoms with Crippen molar-refractivity contribution in [1.29, 1.82) is 0 Å². The van der Waals surface area contributed by atoms with E-state index in [1.807, 2.05) is 18.2 Å². The van der Waals surface area contributed by atoms with E-state index in [-0.39, 0.29) is 55.4 Å². The summed E-state index contributed by atoms with van der Waals surface area (Å²) in [4.78, 5) is 53.9. The number of anilines is 1. The third-order valence-corrected chi connectivity index (χ3v) is 13.5. The van der Waals surface area contributed by atoms with Crippen molar-refractivity contribution in [3.63, 3.8) is 0 Å². The number of aliphatic hydroxyl groups is 2. The highest BCUT2D eigenvalue weighted by molar-refractivity contribution is 6.19. The first kappa shape index (κ1) is 46.4. The third kappa shape index (κ3) is 8.53. The molecular formula is C49H60N4O11. The molecule has 15 nitrogen and oxygen atoms in total. The Balaban J connectivity index is 1.37. The number of phenols is 2. The monoisotopic (exact) mass is 880 g/mol. The third-order valence-electron chi connectivity index (χ3n) is 13.5. The van der Waals surface area contributed by atoms with E-state index < -0.39 is 82.9 Å². The van der Waals surface area contributed by atoms with E-state index in [1.54, 1.807) is 65.8 Å². The van der Waals surface area contributed by atoms with Crippen molar-refractivity contribution in [2.75, 3.05) is 25.5 Å². The van der Waals surface area contributed by atoms with Crippen LogP contribution in [0.25, 0.3) is 10.8 Å². The van der Waals surface area contributed by atoms with Gasteiger partial charge in [-0.2, -0.15) is 0 Å². The Bertz CT molecular complexity index is 2550. The van der Waals surface area contributed by atoms with Crippen molar-refractivity contribution in [3.05, 3.63) is 93.9 Å². The Morgan fingerprint density at radius 2 is 1.59 bits per heavy atom. The molecule has 4 heterocycles. The molecule has 9 atom stereocenters. The van der Waals surface area contributed by atoms with Crippen LogP contribution in [0.2, 0.25) is 0 Å². The van der Waals surface area contributed by atoms with Gasteiger partial charge in [0.2, 0.25) is 0 Å². The average Bonchev–Trinajstić information content (AvgIpc) is 3.77. The largest absolute Gasteiger partial charge is 0.507 e. The number of ether oxygens (including phenoxy) is 4. The minimum atomic E-state index is -1.97. The van der Waals surface area contributed by atoms with Crippen molar-refractivity contribution in [2.45, 2.75) is 111 Å². The number of nitrogens with one attached hydrogen (secondary N) is 1. The first-order valence-electron chi connectivity index (χ1n) is 21.9. The highest BCUT2D eigenvalue weighted by Gasteiger charge is 2.50. The fourth-order valence-corrected chi connectivity index (χ4v) is 9.50. The van der Waals surface area contributed by atoms with Gasteiger partial charge in [0.25, 0.3) is 11.7 Å². The maximum atomic E-state index is 14.8. The number of hydrogen-bond donors (Lipinski definition) is 5. The number of methoxy groups -OCH3 is 1. The second kappa shape index (κ2) is 18.1. The van der Waals surface area contributed by atoms with Crippen molar-refractivity contribution in [2.24, 2.45) is 33.7 Å². The zero-order valence-electron chi connectivity index (χ0n) is 37.9. The number of benzene rings is 3. The summed E-state index contributed by atoms with van der Waals surface area (Å²) in [5.41, 5.74) is 0.523. The number of fused-ring (bicyclic) bond motifs is 1. The molecule has 342 valence electrons. The van der Waals surface area contributed by atoms with Gasteiger partial charge in [-0.1, -0.05) is 76.3 Å². The zero-order chi connectivity index (χ0) is 46.4. The topological polar surface area (TPSA) is 209 Å². The number of rotatable bonds is 4. The molecule has 0 aromatic heterocycles. The number of carbonyl (C=O) groups is 3. The Morgan fingerprint density at radius 1 is 0.922 bits per heavy atom. The summed E-state index contributed by atoms with van der Waals surface area (Å²) in [6.07, 6.45) is 4.92. The molecule has 64 heavy (non-hydrogen) atoms. The van der Waals surface area contributed by atoms with Gasteiger partial charge in [-0.25, -0.2) is 0 Å². The van der Waals surface area contributed by atoms with E-state index in [0.717, 1.165) is 6.54 Å². The van der Waals surface area contributed by atoms with Gasteiger partial charge < -0.3 is 44.7 Å². The summed E-state index contributed by atoms with van der Waals surface area (Å²) >= 11 is 0. The Labute approximate surface area is 372 Å². The summed E-state index contributed by atoms with van der Waals surface area (Å²) in [5, 5.41) is 50.3. The van der Waals surface area contributed by atoms with Crippen LogP contribution in [0.4, 0.5) is 5.69 Å². The van der Waals surface area contributed by atoms with Crippen LogP contribution in [-0.2, 0) is 30.3 Å². The Morgan fingerprint density at radius 3 is 2.25 bits per heavy atom. The van der Waals surface area contributed by atoms with Crippen molar-refractivity contribution in [3.8, 4) is 17.2 Å². The molecule has 4 bridgehead atoms. The molecule has 0 saturated carbocycles. The summed E-state index contributed by atoms with van der Waals surface area (Å²) in [7, 11) is 1.47. The van der Waals surface area contributed by atoms with E-state index >= 15 is 0 Å². The van der Waals surface area contributed by atoms with Crippen LogP contribution in [0.5, 0.6) is 17.2 Å². The van der Waals surface area contributed by atoms with Crippen LogP contribution in [-0.4, -0.2) is 99.1 Å². The Hall–Kier alpha value is -5.61. The number of carbonyl (C=O) groups excluding carboxylic acids is 3. The normalized spacial score (nSPS) is 31.5. The highest BCUT2D eigenvalue weighted by Crippen LogP contribution is 2.50. The minimum Gasteiger partial charge on any atom is -0.507 e. The van der Waals surface area contributed by atoms with Crippen LogP contribution in [0.1, 0.15) is 82.8 Å². The summed E-state index contributed by atoms with van der Waals surface area (Å²) in [6.45, 7) is 14.9. The van der Waals surface area contributed by atoms with Gasteiger partial charge in [-0.15, -0.1) is 0 Å². The first-order chi connectivity index (χ1) is 30.3. The quantitative estimate of drug-likeness (QED) is 0.167. The zero-order valence-corrected chi connectivity index (χ0v) is 37.9. The number of phenolic OH excluding ortho intramolecular Hbond substituents is 2. The van der Waals surface area contributed by atoms with E-state index in [0.29, 0.717) is 25.9 Å². The van der Waals surface area contributed by atoms with Crippen LogP contribution >= 0.6 is 0 Å². The van der Waals surface area contributed by atoms with Gasteiger partial charge in [0.1, 0.15) is 28.6 Å². The molecule has 0 aliphatic carbocycles. The minimum absolute atomic E-state index is 0.0265. The second-order valence-electron chi connectivity index (χ2n) is 18.0. The smallest absolute Gasteiger partial charge is 0.312 e. The molecule has 1 amide bonds. The molecule has 1 spiro atoms. The van der Waals surface area contributed by atoms with Gasteiger partial charge in [-0.3, -0.25) is 29.3 Å². The van der Waals surface area contributed by atoms with Crippen LogP contribution in [0, 0.1) is 30.6 Å². The maximum Gasteiger partial charge on any atom is 0.312 e. The maximum absolute atomic E-state index is 14.8. The molecule has 9 unspecified atom stereocenters. The summed E-state index contributed by atoms with van der Waals surface area (Å²) in [6, 6.07) is 10.1. The number of nitrogens with zero attached hydrogens (tertiary/aromatic N) is 3. The lowest BCUT2D eigenvalue weighted by Crippen LogP contribution is -2.46. The molecule has 3 aromatic rings. The number of Topliss-reactive ketones (excluding diaryl/α,β-unsaturated/α-hetero) is 1. The summed E-state index contributed by atoms with van der Waals surface area (Å²) in [5.74, 6) is -6.99. The highest BCUT2D eigenvalue weighted by atomic mass is 16.7. The molecule has 7 rings (SSSR count). The number of aliphatic hydroxyl groups excluding tert-OH is 2.